The van der Waals surface area contributed by atoms with Crippen LogP contribution in [0.1, 0.15) is 0 Å². The predicted octanol–water partition coefficient (Wildman–Crippen LogP) is 1.93. The average molecular weight is 354 g/mol. The van der Waals surface area contributed by atoms with Crippen LogP contribution in [0.15, 0.2) is 66.5 Å². The van der Waals surface area contributed by atoms with Crippen molar-refractivity contribution < 1.29 is 8.42 Å². The van der Waals surface area contributed by atoms with Crippen LogP contribution in [0.25, 0.3) is 17.0 Å². The van der Waals surface area contributed by atoms with Crippen LogP contribution in [0.2, 0.25) is 0 Å². The lowest BCUT2D eigenvalue weighted by Crippen LogP contribution is -2.13. The summed E-state index contributed by atoms with van der Waals surface area (Å²) < 4.78 is 30.7. The van der Waals surface area contributed by atoms with E-state index in [0.29, 0.717) is 17.2 Å². The summed E-state index contributed by atoms with van der Waals surface area (Å²) in [6, 6.07) is 8.85. The van der Waals surface area contributed by atoms with Crippen molar-refractivity contribution in [3.8, 4) is 11.3 Å². The fraction of sp³-hybridized carbons (Fsp3) is 0.0625. The van der Waals surface area contributed by atoms with Gasteiger partial charge in [0.05, 0.1) is 12.0 Å². The van der Waals surface area contributed by atoms with E-state index >= 15 is 0 Å². The number of rotatable bonds is 4. The molecule has 1 aromatic carbocycles. The minimum atomic E-state index is -3.74. The Balaban J connectivity index is 1.67. The Labute approximate surface area is 143 Å². The first-order valence-corrected chi connectivity index (χ1v) is 8.90. The zero-order chi connectivity index (χ0) is 17.4. The smallest absolute Gasteiger partial charge is 0.280 e. The molecule has 0 aliphatic carbocycles. The third-order valence-corrected chi connectivity index (χ3v) is 4.87. The molecule has 0 atom stereocenters. The Bertz CT molecular complexity index is 1130. The topological polar surface area (TPSA) is 94.2 Å². The van der Waals surface area contributed by atoms with Gasteiger partial charge in [0, 0.05) is 43.1 Å². The van der Waals surface area contributed by atoms with Crippen LogP contribution in [-0.2, 0) is 17.1 Å². The quantitative estimate of drug-likeness (QED) is 0.604. The summed E-state index contributed by atoms with van der Waals surface area (Å²) in [5.41, 5.74) is 1.93. The van der Waals surface area contributed by atoms with Crippen molar-refractivity contribution in [3.63, 3.8) is 0 Å². The Kier molecular flexibility index (Phi) is 3.50. The van der Waals surface area contributed by atoms with Gasteiger partial charge in [-0.2, -0.15) is 8.42 Å². The maximum atomic E-state index is 12.4. The van der Waals surface area contributed by atoms with E-state index < -0.39 is 10.0 Å². The predicted molar refractivity (Wildman–Crippen MR) is 92.4 cm³/mol. The summed E-state index contributed by atoms with van der Waals surface area (Å²) in [5.74, 6) is 0.581. The number of imidazole rings is 2. The van der Waals surface area contributed by atoms with Gasteiger partial charge in [-0.25, -0.2) is 15.0 Å². The lowest BCUT2D eigenvalue weighted by atomic mass is 10.1. The van der Waals surface area contributed by atoms with Gasteiger partial charge in [0.2, 0.25) is 5.78 Å². The molecule has 0 radical (unpaired) electrons. The lowest BCUT2D eigenvalue weighted by Gasteiger charge is -2.07. The number of aromatic nitrogens is 5. The van der Waals surface area contributed by atoms with Crippen LogP contribution >= 0.6 is 0 Å². The zero-order valence-electron chi connectivity index (χ0n) is 13.2. The molecule has 8 nitrogen and oxygen atoms in total. The van der Waals surface area contributed by atoms with Crippen LogP contribution in [-0.4, -0.2) is 32.3 Å². The van der Waals surface area contributed by atoms with Crippen molar-refractivity contribution in [1.82, 2.24) is 23.9 Å². The molecule has 0 fully saturated rings. The second-order valence-corrected chi connectivity index (χ2v) is 7.15. The van der Waals surface area contributed by atoms with Crippen molar-refractivity contribution in [1.29, 1.82) is 0 Å². The fourth-order valence-corrected chi connectivity index (χ4v) is 3.48. The van der Waals surface area contributed by atoms with Crippen molar-refractivity contribution in [2.45, 2.75) is 5.03 Å². The molecule has 0 unspecified atom stereocenters. The second kappa shape index (κ2) is 5.71. The van der Waals surface area contributed by atoms with E-state index in [4.69, 9.17) is 0 Å². The molecule has 4 aromatic rings. The van der Waals surface area contributed by atoms with Crippen LogP contribution in [0.5, 0.6) is 0 Å². The van der Waals surface area contributed by atoms with E-state index in [9.17, 15) is 8.42 Å². The number of hydrogen-bond donors (Lipinski definition) is 1. The Morgan fingerprint density at radius 3 is 2.76 bits per heavy atom. The van der Waals surface area contributed by atoms with E-state index in [1.165, 1.54) is 12.5 Å². The van der Waals surface area contributed by atoms with Gasteiger partial charge in [0.25, 0.3) is 10.0 Å². The first kappa shape index (κ1) is 15.3. The van der Waals surface area contributed by atoms with Crippen molar-refractivity contribution >= 4 is 21.5 Å². The van der Waals surface area contributed by atoms with Gasteiger partial charge in [-0.1, -0.05) is 12.1 Å². The third kappa shape index (κ3) is 2.96. The van der Waals surface area contributed by atoms with E-state index in [1.54, 1.807) is 40.4 Å². The fourth-order valence-electron chi connectivity index (χ4n) is 2.45. The van der Waals surface area contributed by atoms with E-state index in [0.717, 1.165) is 5.56 Å². The summed E-state index contributed by atoms with van der Waals surface area (Å²) in [4.78, 5) is 12.5. The minimum Gasteiger partial charge on any atom is -0.339 e. The summed E-state index contributed by atoms with van der Waals surface area (Å²) >= 11 is 0. The van der Waals surface area contributed by atoms with Gasteiger partial charge in [-0.05, 0) is 18.2 Å². The van der Waals surface area contributed by atoms with Gasteiger partial charge in [0.1, 0.15) is 0 Å². The Morgan fingerprint density at radius 1 is 1.12 bits per heavy atom. The van der Waals surface area contributed by atoms with Crippen LogP contribution < -0.4 is 4.72 Å². The number of benzene rings is 1. The van der Waals surface area contributed by atoms with Gasteiger partial charge >= 0.3 is 0 Å². The lowest BCUT2D eigenvalue weighted by molar-refractivity contribution is 0.598. The molecule has 0 aliphatic rings. The molecule has 9 heteroatoms. The summed E-state index contributed by atoms with van der Waals surface area (Å²) in [7, 11) is -2.02. The molecular formula is C16H14N6O2S. The van der Waals surface area contributed by atoms with Crippen molar-refractivity contribution in [2.24, 2.45) is 7.05 Å². The van der Waals surface area contributed by atoms with E-state index in [-0.39, 0.29) is 5.03 Å². The third-order valence-electron chi connectivity index (χ3n) is 3.60. The molecule has 0 amide bonds. The SMILES string of the molecule is Cn1cnc(S(=O)(=O)Nc2cccc(-c3cn4cccnc4n3)c2)c1. The summed E-state index contributed by atoms with van der Waals surface area (Å²) in [6.45, 7) is 0. The van der Waals surface area contributed by atoms with E-state index in [1.807, 2.05) is 24.5 Å². The molecule has 0 bridgehead atoms. The maximum absolute atomic E-state index is 12.4. The second-order valence-electron chi connectivity index (χ2n) is 5.52. The molecule has 3 heterocycles. The summed E-state index contributed by atoms with van der Waals surface area (Å²) in [5, 5.41) is -0.0302. The zero-order valence-corrected chi connectivity index (χ0v) is 14.1. The van der Waals surface area contributed by atoms with Crippen LogP contribution in [0, 0.1) is 0 Å². The number of fused-ring (bicyclic) bond motifs is 1. The highest BCUT2D eigenvalue weighted by Gasteiger charge is 2.17. The molecule has 3 aromatic heterocycles. The first-order chi connectivity index (χ1) is 12.0. The highest BCUT2D eigenvalue weighted by Crippen LogP contribution is 2.23. The highest BCUT2D eigenvalue weighted by atomic mass is 32.2. The minimum absolute atomic E-state index is 0.0302. The molecule has 0 saturated carbocycles. The number of nitrogens with one attached hydrogen (secondary N) is 1. The number of sulfonamides is 1. The van der Waals surface area contributed by atoms with Gasteiger partial charge in [-0.3, -0.25) is 9.12 Å². The molecule has 1 N–H and O–H groups in total. The number of anilines is 1. The monoisotopic (exact) mass is 354 g/mol. The number of nitrogens with zero attached hydrogens (tertiary/aromatic N) is 5. The molecule has 25 heavy (non-hydrogen) atoms. The van der Waals surface area contributed by atoms with Crippen LogP contribution in [0.3, 0.4) is 0 Å². The van der Waals surface area contributed by atoms with Gasteiger partial charge in [-0.15, -0.1) is 0 Å². The Morgan fingerprint density at radius 2 is 2.00 bits per heavy atom. The molecule has 4 rings (SSSR count). The van der Waals surface area contributed by atoms with Gasteiger partial charge in [0.15, 0.2) is 5.03 Å². The molecule has 0 aliphatic heterocycles. The molecule has 126 valence electrons. The number of aryl methyl sites for hydroxylation is 1. The Hall–Kier alpha value is -3.20. The molecular weight excluding hydrogens is 340 g/mol. The normalized spacial score (nSPS) is 11.7. The highest BCUT2D eigenvalue weighted by molar-refractivity contribution is 7.92. The molecule has 0 saturated heterocycles. The molecule has 0 spiro atoms. The largest absolute Gasteiger partial charge is 0.339 e. The van der Waals surface area contributed by atoms with Gasteiger partial charge < -0.3 is 4.57 Å². The number of hydrogen-bond acceptors (Lipinski definition) is 5. The average Bonchev–Trinajstić information content (AvgIpc) is 3.21. The van der Waals surface area contributed by atoms with Crippen molar-refractivity contribution in [3.05, 3.63) is 61.4 Å². The van der Waals surface area contributed by atoms with E-state index in [2.05, 4.69) is 19.7 Å². The summed E-state index contributed by atoms with van der Waals surface area (Å²) in [6.07, 6.45) is 8.25. The first-order valence-electron chi connectivity index (χ1n) is 7.42. The van der Waals surface area contributed by atoms with Crippen molar-refractivity contribution in [2.75, 3.05) is 4.72 Å². The standard InChI is InChI=1S/C16H14N6O2S/c1-21-10-15(18-11-21)25(23,24)20-13-5-2-4-12(8-13)14-9-22-7-3-6-17-16(22)19-14/h2-11,20H,1H3. The maximum Gasteiger partial charge on any atom is 0.280 e. The van der Waals surface area contributed by atoms with Crippen LogP contribution in [0.4, 0.5) is 5.69 Å².